The van der Waals surface area contributed by atoms with Gasteiger partial charge >= 0.3 is 0 Å². The zero-order chi connectivity index (χ0) is 22.3. The van der Waals surface area contributed by atoms with Gasteiger partial charge in [-0.3, -0.25) is 14.5 Å². The fraction of sp³-hybridized carbons (Fsp3) is 0.238. The third-order valence-electron chi connectivity index (χ3n) is 5.43. The molecule has 5 heterocycles. The number of nitrogens with zero attached hydrogens (tertiary/aromatic N) is 8. The van der Waals surface area contributed by atoms with E-state index in [4.69, 9.17) is 0 Å². The molecule has 1 saturated heterocycles. The zero-order valence-electron chi connectivity index (χ0n) is 17.5. The predicted octanol–water partition coefficient (Wildman–Crippen LogP) is 1.25. The second-order valence-corrected chi connectivity index (χ2v) is 7.65. The number of pyridine rings is 1. The van der Waals surface area contributed by atoms with Gasteiger partial charge in [-0.15, -0.1) is 0 Å². The van der Waals surface area contributed by atoms with Crippen LogP contribution in [-0.4, -0.2) is 64.0 Å². The van der Waals surface area contributed by atoms with E-state index < -0.39 is 5.60 Å². The molecule has 1 amide bonds. The minimum absolute atomic E-state index is 0.311. The van der Waals surface area contributed by atoms with Crippen LogP contribution in [0.3, 0.4) is 0 Å². The molecule has 0 saturated carbocycles. The Bertz CT molecular complexity index is 1300. The molecule has 5 rings (SSSR count). The highest BCUT2D eigenvalue weighted by Crippen LogP contribution is 2.33. The topological polar surface area (TPSA) is 127 Å². The number of carbonyl (C=O) groups is 1. The third kappa shape index (κ3) is 3.48. The van der Waals surface area contributed by atoms with Crippen LogP contribution in [0.5, 0.6) is 0 Å². The molecule has 1 unspecified atom stereocenters. The fourth-order valence-electron chi connectivity index (χ4n) is 3.67. The SMILES string of the molecule is CN1CCC(O)(c2ccnc(-c3ccn(-c4ccnc(Nc5ccn(C)n5)n4)n3)c2)C1=O. The summed E-state index contributed by atoms with van der Waals surface area (Å²) in [5.74, 6) is 1.28. The van der Waals surface area contributed by atoms with E-state index in [1.54, 1.807) is 59.3 Å². The lowest BCUT2D eigenvalue weighted by molar-refractivity contribution is -0.143. The predicted molar refractivity (Wildman–Crippen MR) is 115 cm³/mol. The standard InChI is InChI=1S/C21H21N9O2/c1-28-12-7-21(32,19(28)31)14-3-8-22-16(13-14)15-5-11-30(26-15)18-4-9-23-20(25-18)24-17-6-10-29(2)27-17/h3-6,8-11,13,32H,7,12H2,1-2H3,(H,23,24,25,27). The monoisotopic (exact) mass is 431 g/mol. The molecule has 4 aromatic rings. The van der Waals surface area contributed by atoms with Crippen molar-refractivity contribution < 1.29 is 9.90 Å². The van der Waals surface area contributed by atoms with Gasteiger partial charge in [-0.05, 0) is 23.8 Å². The van der Waals surface area contributed by atoms with Gasteiger partial charge in [0, 0.05) is 64.0 Å². The van der Waals surface area contributed by atoms with E-state index in [-0.39, 0.29) is 5.91 Å². The number of anilines is 2. The summed E-state index contributed by atoms with van der Waals surface area (Å²) in [6.07, 6.45) is 7.13. The molecule has 0 bridgehead atoms. The smallest absolute Gasteiger partial charge is 0.258 e. The molecule has 11 heteroatoms. The van der Waals surface area contributed by atoms with Crippen molar-refractivity contribution >= 4 is 17.7 Å². The average Bonchev–Trinajstić information content (AvgIpc) is 3.52. The van der Waals surface area contributed by atoms with Gasteiger partial charge in [0.25, 0.3) is 5.91 Å². The molecule has 0 aliphatic carbocycles. The molecule has 0 radical (unpaired) electrons. The summed E-state index contributed by atoms with van der Waals surface area (Å²) in [4.78, 5) is 27.0. The summed E-state index contributed by atoms with van der Waals surface area (Å²) >= 11 is 0. The summed E-state index contributed by atoms with van der Waals surface area (Å²) in [7, 11) is 3.51. The quantitative estimate of drug-likeness (QED) is 0.483. The van der Waals surface area contributed by atoms with Crippen LogP contribution in [0.25, 0.3) is 17.2 Å². The van der Waals surface area contributed by atoms with Crippen LogP contribution in [0.2, 0.25) is 0 Å². The Kier molecular flexibility index (Phi) is 4.67. The van der Waals surface area contributed by atoms with Crippen molar-refractivity contribution in [2.45, 2.75) is 12.0 Å². The number of amides is 1. The van der Waals surface area contributed by atoms with Crippen LogP contribution in [0.1, 0.15) is 12.0 Å². The second-order valence-electron chi connectivity index (χ2n) is 7.65. The van der Waals surface area contributed by atoms with E-state index >= 15 is 0 Å². The number of aliphatic hydroxyl groups is 1. The molecule has 4 aromatic heterocycles. The maximum absolute atomic E-state index is 12.4. The number of likely N-dealkylation sites (tertiary alicyclic amines) is 1. The van der Waals surface area contributed by atoms with Crippen molar-refractivity contribution in [3.05, 3.63) is 60.7 Å². The van der Waals surface area contributed by atoms with Crippen LogP contribution in [0.4, 0.5) is 11.8 Å². The first-order chi connectivity index (χ1) is 15.4. The highest BCUT2D eigenvalue weighted by molar-refractivity contribution is 5.88. The molecule has 1 fully saturated rings. The van der Waals surface area contributed by atoms with E-state index in [9.17, 15) is 9.90 Å². The number of aromatic nitrogens is 7. The molecule has 1 aliphatic rings. The molecule has 1 aliphatic heterocycles. The average molecular weight is 431 g/mol. The van der Waals surface area contributed by atoms with E-state index in [0.717, 1.165) is 0 Å². The molecule has 1 atom stereocenters. The normalized spacial score (nSPS) is 18.3. The van der Waals surface area contributed by atoms with Gasteiger partial charge in [0.05, 0.1) is 5.69 Å². The van der Waals surface area contributed by atoms with Crippen molar-refractivity contribution in [3.63, 3.8) is 0 Å². The zero-order valence-corrected chi connectivity index (χ0v) is 17.5. The number of likely N-dealkylation sites (N-methyl/N-ethyl adjacent to an activating group) is 1. The maximum atomic E-state index is 12.4. The summed E-state index contributed by atoms with van der Waals surface area (Å²) < 4.78 is 3.29. The van der Waals surface area contributed by atoms with Crippen LogP contribution >= 0.6 is 0 Å². The molecular formula is C21H21N9O2. The van der Waals surface area contributed by atoms with Crippen molar-refractivity contribution in [2.24, 2.45) is 7.05 Å². The van der Waals surface area contributed by atoms with Crippen LogP contribution in [0, 0.1) is 0 Å². The van der Waals surface area contributed by atoms with Crippen molar-refractivity contribution in [1.82, 2.24) is 39.4 Å². The Morgan fingerprint density at radius 2 is 1.88 bits per heavy atom. The Labute approximate surface area is 183 Å². The van der Waals surface area contributed by atoms with Gasteiger partial charge in [0.2, 0.25) is 5.95 Å². The lowest BCUT2D eigenvalue weighted by atomic mass is 9.92. The fourth-order valence-corrected chi connectivity index (χ4v) is 3.67. The van der Waals surface area contributed by atoms with Gasteiger partial charge in [-0.25, -0.2) is 9.67 Å². The number of rotatable bonds is 5. The number of hydrogen-bond acceptors (Lipinski definition) is 8. The molecule has 2 N–H and O–H groups in total. The molecule has 162 valence electrons. The van der Waals surface area contributed by atoms with Crippen LogP contribution in [0.15, 0.2) is 55.1 Å². The third-order valence-corrected chi connectivity index (χ3v) is 5.43. The summed E-state index contributed by atoms with van der Waals surface area (Å²) in [6.45, 7) is 0.504. The maximum Gasteiger partial charge on any atom is 0.258 e. The Morgan fingerprint density at radius 3 is 2.62 bits per heavy atom. The van der Waals surface area contributed by atoms with Gasteiger partial charge < -0.3 is 15.3 Å². The molecule has 0 spiro atoms. The summed E-state index contributed by atoms with van der Waals surface area (Å²) in [5, 5.41) is 22.8. The Balaban J connectivity index is 1.41. The molecule has 0 aromatic carbocycles. The Morgan fingerprint density at radius 1 is 1.03 bits per heavy atom. The van der Waals surface area contributed by atoms with E-state index in [0.29, 0.717) is 47.5 Å². The summed E-state index contributed by atoms with van der Waals surface area (Å²) in [5.41, 5.74) is 0.119. The van der Waals surface area contributed by atoms with Gasteiger partial charge in [0.1, 0.15) is 5.69 Å². The van der Waals surface area contributed by atoms with Gasteiger partial charge in [-0.2, -0.15) is 15.2 Å². The first kappa shape index (κ1) is 19.8. The summed E-state index contributed by atoms with van der Waals surface area (Å²) in [6, 6.07) is 8.73. The molecule has 11 nitrogen and oxygen atoms in total. The van der Waals surface area contributed by atoms with Crippen LogP contribution < -0.4 is 5.32 Å². The van der Waals surface area contributed by atoms with Gasteiger partial charge in [0.15, 0.2) is 17.2 Å². The first-order valence-corrected chi connectivity index (χ1v) is 10.0. The van der Waals surface area contributed by atoms with Crippen LogP contribution in [-0.2, 0) is 17.4 Å². The Hall–Kier alpha value is -4.12. The minimum atomic E-state index is -1.53. The highest BCUT2D eigenvalue weighted by Gasteiger charge is 2.45. The number of hydrogen-bond donors (Lipinski definition) is 2. The largest absolute Gasteiger partial charge is 0.375 e. The van der Waals surface area contributed by atoms with E-state index in [1.807, 2.05) is 19.3 Å². The number of carbonyl (C=O) groups excluding carboxylic acids is 1. The van der Waals surface area contributed by atoms with E-state index in [1.165, 1.54) is 4.90 Å². The second kappa shape index (κ2) is 7.54. The molecule has 32 heavy (non-hydrogen) atoms. The lowest BCUT2D eigenvalue weighted by Crippen LogP contribution is -2.36. The minimum Gasteiger partial charge on any atom is -0.375 e. The van der Waals surface area contributed by atoms with Crippen molar-refractivity contribution in [2.75, 3.05) is 18.9 Å². The molecular weight excluding hydrogens is 410 g/mol. The van der Waals surface area contributed by atoms with Gasteiger partial charge in [-0.1, -0.05) is 0 Å². The van der Waals surface area contributed by atoms with Crippen molar-refractivity contribution in [3.8, 4) is 17.2 Å². The number of aryl methyl sites for hydroxylation is 1. The first-order valence-electron chi connectivity index (χ1n) is 10.0. The van der Waals surface area contributed by atoms with E-state index in [2.05, 4.69) is 30.5 Å². The highest BCUT2D eigenvalue weighted by atomic mass is 16.3. The van der Waals surface area contributed by atoms with Crippen molar-refractivity contribution in [1.29, 1.82) is 0 Å². The number of nitrogens with one attached hydrogen (secondary N) is 1. The lowest BCUT2D eigenvalue weighted by Gasteiger charge is -2.21.